The van der Waals surface area contributed by atoms with Crippen LogP contribution in [0, 0.1) is 0 Å². The van der Waals surface area contributed by atoms with E-state index in [0.29, 0.717) is 13.1 Å². The number of phenols is 2. The monoisotopic (exact) mass is 608 g/mol. The molecule has 2 aromatic rings. The van der Waals surface area contributed by atoms with Gasteiger partial charge in [0.25, 0.3) is 0 Å². The Bertz CT molecular complexity index is 1100. The first kappa shape index (κ1) is 33.8. The van der Waals surface area contributed by atoms with Crippen molar-refractivity contribution in [1.82, 2.24) is 9.80 Å². The molecule has 44 heavy (non-hydrogen) atoms. The van der Waals surface area contributed by atoms with E-state index in [4.69, 9.17) is 9.47 Å². The molecule has 0 bridgehead atoms. The number of nitrogens with zero attached hydrogens (tertiary/aromatic N) is 2. The van der Waals surface area contributed by atoms with Crippen LogP contribution in [0.25, 0.3) is 0 Å². The van der Waals surface area contributed by atoms with Crippen molar-refractivity contribution in [3.05, 3.63) is 59.7 Å². The third kappa shape index (κ3) is 8.75. The normalized spacial score (nSPS) is 19.3. The molecule has 2 N–H and O–H groups in total. The number of ether oxygens (including phenoxy) is 2. The summed E-state index contributed by atoms with van der Waals surface area (Å²) >= 11 is 0. The van der Waals surface area contributed by atoms with Crippen LogP contribution in [0.5, 0.6) is 11.5 Å². The van der Waals surface area contributed by atoms with Crippen molar-refractivity contribution in [1.29, 1.82) is 0 Å². The maximum atomic E-state index is 13.5. The first-order chi connectivity index (χ1) is 21.0. The van der Waals surface area contributed by atoms with Crippen LogP contribution in [0.4, 0.5) is 0 Å². The van der Waals surface area contributed by atoms with Gasteiger partial charge in [-0.25, -0.2) is 0 Å². The molecule has 2 aromatic carbocycles. The molecule has 2 fully saturated rings. The number of benzene rings is 2. The van der Waals surface area contributed by atoms with Crippen LogP contribution in [0.3, 0.4) is 0 Å². The molecule has 242 valence electrons. The number of hydrogen-bond acceptors (Lipinski definition) is 8. The van der Waals surface area contributed by atoms with E-state index in [1.807, 2.05) is 52.5 Å². The Morgan fingerprint density at radius 3 is 1.23 bits per heavy atom. The van der Waals surface area contributed by atoms with Crippen molar-refractivity contribution in [3.63, 3.8) is 0 Å². The average molecular weight is 609 g/mol. The zero-order valence-corrected chi connectivity index (χ0v) is 27.1. The van der Waals surface area contributed by atoms with E-state index in [2.05, 4.69) is 9.80 Å². The molecule has 0 radical (unpaired) electrons. The number of aromatic hydroxyl groups is 2. The largest absolute Gasteiger partial charge is 0.508 e. The van der Waals surface area contributed by atoms with Crippen LogP contribution in [0.1, 0.15) is 100 Å². The quantitative estimate of drug-likeness (QED) is 0.254. The summed E-state index contributed by atoms with van der Waals surface area (Å²) in [6.07, 6.45) is 9.13. The Morgan fingerprint density at radius 2 is 0.932 bits per heavy atom. The molecule has 0 spiro atoms. The van der Waals surface area contributed by atoms with Gasteiger partial charge in [-0.05, 0) is 115 Å². The summed E-state index contributed by atoms with van der Waals surface area (Å²) in [5.74, 6) is -0.437. The molecule has 0 saturated heterocycles. The molecule has 2 aliphatic carbocycles. The first-order valence-electron chi connectivity index (χ1n) is 16.3. The zero-order chi connectivity index (χ0) is 31.7. The molecule has 8 heteroatoms. The van der Waals surface area contributed by atoms with E-state index in [0.717, 1.165) is 75.3 Å². The molecule has 0 aromatic heterocycles. The minimum atomic E-state index is -0.666. The lowest BCUT2D eigenvalue weighted by molar-refractivity contribution is -0.174. The van der Waals surface area contributed by atoms with E-state index >= 15 is 0 Å². The van der Waals surface area contributed by atoms with Crippen molar-refractivity contribution >= 4 is 11.9 Å². The average Bonchev–Trinajstić information content (AvgIpc) is 2.99. The van der Waals surface area contributed by atoms with Crippen LogP contribution in [0.15, 0.2) is 48.5 Å². The lowest BCUT2D eigenvalue weighted by Gasteiger charge is -2.44. The molecule has 2 saturated carbocycles. The Hall–Kier alpha value is -3.10. The topological polar surface area (TPSA) is 99.5 Å². The summed E-state index contributed by atoms with van der Waals surface area (Å²) in [6.45, 7) is 1.40. The predicted molar refractivity (Wildman–Crippen MR) is 172 cm³/mol. The van der Waals surface area contributed by atoms with E-state index < -0.39 is 11.2 Å². The minimum Gasteiger partial charge on any atom is -0.508 e. The maximum absolute atomic E-state index is 13.5. The van der Waals surface area contributed by atoms with Gasteiger partial charge in [0.05, 0.1) is 12.8 Å². The van der Waals surface area contributed by atoms with Gasteiger partial charge in [0.2, 0.25) is 0 Å². The summed E-state index contributed by atoms with van der Waals surface area (Å²) in [4.78, 5) is 31.2. The van der Waals surface area contributed by atoms with Gasteiger partial charge in [0.15, 0.2) is 0 Å². The molecule has 2 aliphatic rings. The highest BCUT2D eigenvalue weighted by Gasteiger charge is 2.46. The van der Waals surface area contributed by atoms with Crippen molar-refractivity contribution in [3.8, 4) is 11.5 Å². The third-order valence-electron chi connectivity index (χ3n) is 9.52. The van der Waals surface area contributed by atoms with Crippen LogP contribution in [-0.4, -0.2) is 84.4 Å². The van der Waals surface area contributed by atoms with Crippen LogP contribution in [-0.2, 0) is 19.1 Å². The molecule has 0 aliphatic heterocycles. The number of phenolic OH excluding ortho intramolecular Hbond substituents is 2. The standard InChI is InChI=1S/C36H52N2O6/c1-37(2)25-31(27-11-15-29(39)16-12-27)35(21-7-5-8-22-35)43-33(41)19-20-34(42)44-36(23-9-6-10-24-36)32(26-38(3)4)28-13-17-30(40)18-14-28/h11-18,31-32,39-40H,5-10,19-26H2,1-4H3. The molecule has 2 atom stereocenters. The van der Waals surface area contributed by atoms with Crippen molar-refractivity contribution in [2.45, 2.75) is 100 Å². The van der Waals surface area contributed by atoms with Gasteiger partial charge in [-0.1, -0.05) is 37.1 Å². The second-order valence-electron chi connectivity index (χ2n) is 13.5. The fourth-order valence-corrected chi connectivity index (χ4v) is 7.40. The molecule has 0 amide bonds. The van der Waals surface area contributed by atoms with Crippen molar-refractivity contribution in [2.24, 2.45) is 0 Å². The number of carbonyl (C=O) groups is 2. The number of likely N-dealkylation sites (N-methyl/N-ethyl adjacent to an activating group) is 2. The van der Waals surface area contributed by atoms with Gasteiger partial charge in [0, 0.05) is 24.9 Å². The second-order valence-corrected chi connectivity index (χ2v) is 13.5. The molecule has 0 heterocycles. The molecular formula is C36H52N2O6. The number of hydrogen-bond donors (Lipinski definition) is 2. The fraction of sp³-hybridized carbons (Fsp3) is 0.611. The van der Waals surface area contributed by atoms with Crippen LogP contribution in [0.2, 0.25) is 0 Å². The smallest absolute Gasteiger partial charge is 0.306 e. The highest BCUT2D eigenvalue weighted by Crippen LogP contribution is 2.45. The first-order valence-corrected chi connectivity index (χ1v) is 16.3. The Balaban J connectivity index is 1.49. The van der Waals surface area contributed by atoms with Crippen molar-refractivity contribution in [2.75, 3.05) is 41.3 Å². The van der Waals surface area contributed by atoms with Gasteiger partial charge < -0.3 is 29.5 Å². The predicted octanol–water partition coefficient (Wildman–Crippen LogP) is 6.36. The lowest BCUT2D eigenvalue weighted by atomic mass is 9.72. The number of esters is 2. The second kappa shape index (κ2) is 15.3. The molecule has 4 rings (SSSR count). The fourth-order valence-electron chi connectivity index (χ4n) is 7.40. The van der Waals surface area contributed by atoms with Gasteiger partial charge in [-0.15, -0.1) is 0 Å². The highest BCUT2D eigenvalue weighted by molar-refractivity contribution is 5.78. The molecule has 2 unspecified atom stereocenters. The van der Waals surface area contributed by atoms with Crippen LogP contribution >= 0.6 is 0 Å². The van der Waals surface area contributed by atoms with Crippen molar-refractivity contribution < 1.29 is 29.3 Å². The van der Waals surface area contributed by atoms with E-state index in [1.165, 1.54) is 0 Å². The summed E-state index contributed by atoms with van der Waals surface area (Å²) in [6, 6.07) is 14.5. The van der Waals surface area contributed by atoms with Gasteiger partial charge >= 0.3 is 11.9 Å². The Morgan fingerprint density at radius 1 is 0.614 bits per heavy atom. The van der Waals surface area contributed by atoms with E-state index in [1.54, 1.807) is 24.3 Å². The van der Waals surface area contributed by atoms with E-state index in [9.17, 15) is 19.8 Å². The summed E-state index contributed by atoms with van der Waals surface area (Å²) in [5, 5.41) is 19.8. The third-order valence-corrected chi connectivity index (χ3v) is 9.52. The number of carbonyl (C=O) groups excluding carboxylic acids is 2. The SMILES string of the molecule is CN(C)CC(c1ccc(O)cc1)C1(OC(=O)CCC(=O)OC2(C(CN(C)C)c3ccc(O)cc3)CCCCC2)CCCCC1. The summed E-state index contributed by atoms with van der Waals surface area (Å²) < 4.78 is 12.8. The number of rotatable bonds is 13. The van der Waals surface area contributed by atoms with Crippen LogP contribution < -0.4 is 0 Å². The minimum absolute atomic E-state index is 0.0293. The Kier molecular flexibility index (Phi) is 11.7. The highest BCUT2D eigenvalue weighted by atomic mass is 16.6. The van der Waals surface area contributed by atoms with E-state index in [-0.39, 0.29) is 48.1 Å². The molecule has 8 nitrogen and oxygen atoms in total. The molecular weight excluding hydrogens is 556 g/mol. The zero-order valence-electron chi connectivity index (χ0n) is 27.1. The van der Waals surface area contributed by atoms with Gasteiger partial charge in [-0.3, -0.25) is 9.59 Å². The lowest BCUT2D eigenvalue weighted by Crippen LogP contribution is -2.47. The maximum Gasteiger partial charge on any atom is 0.306 e. The summed E-state index contributed by atoms with van der Waals surface area (Å²) in [5.41, 5.74) is 0.735. The van der Waals surface area contributed by atoms with Gasteiger partial charge in [0.1, 0.15) is 22.7 Å². The summed E-state index contributed by atoms with van der Waals surface area (Å²) in [7, 11) is 8.07. The van der Waals surface area contributed by atoms with Gasteiger partial charge in [-0.2, -0.15) is 0 Å². The Labute approximate surface area is 263 Å².